The first-order chi connectivity index (χ1) is 13.6. The third-order valence-electron chi connectivity index (χ3n) is 4.58. The van der Waals surface area contributed by atoms with Crippen molar-refractivity contribution < 1.29 is 14.6 Å². The maximum Gasteiger partial charge on any atom is 0.164 e. The maximum atomic E-state index is 12.2. The quantitative estimate of drug-likeness (QED) is 0.267. The number of aliphatic hydroxyl groups is 1. The van der Waals surface area contributed by atoms with Crippen molar-refractivity contribution in [2.45, 2.75) is 25.5 Å². The zero-order chi connectivity index (χ0) is 19.9. The van der Waals surface area contributed by atoms with Crippen molar-refractivity contribution in [1.29, 1.82) is 0 Å². The van der Waals surface area contributed by atoms with E-state index in [4.69, 9.17) is 10.3 Å². The van der Waals surface area contributed by atoms with E-state index >= 15 is 0 Å². The van der Waals surface area contributed by atoms with E-state index < -0.39 is 12.1 Å². The molecule has 3 rings (SSSR count). The molecular weight excluding hydrogens is 354 g/mol. The fraction of sp³-hybridized carbons (Fsp3) is 0.227. The zero-order valence-corrected chi connectivity index (χ0v) is 15.5. The second kappa shape index (κ2) is 9.04. The van der Waals surface area contributed by atoms with Gasteiger partial charge in [0.15, 0.2) is 5.78 Å². The van der Waals surface area contributed by atoms with Crippen LogP contribution in [-0.2, 0) is 6.42 Å². The molecule has 0 saturated carbocycles. The fourth-order valence-corrected chi connectivity index (χ4v) is 3.20. The Hall–Kier alpha value is -3.34. The summed E-state index contributed by atoms with van der Waals surface area (Å²) in [7, 11) is 0. The number of Topliss-reactive ketones (excluding diaryl/α,β-unsaturated/α-hetero) is 1. The number of rotatable bonds is 8. The molecular formula is C22H21N3O3. The molecule has 0 heterocycles. The van der Waals surface area contributed by atoms with Crippen LogP contribution in [0, 0.1) is 0 Å². The lowest BCUT2D eigenvalue weighted by Crippen LogP contribution is -2.32. The van der Waals surface area contributed by atoms with Gasteiger partial charge in [0.05, 0.1) is 17.7 Å². The van der Waals surface area contributed by atoms with Gasteiger partial charge < -0.3 is 9.84 Å². The summed E-state index contributed by atoms with van der Waals surface area (Å²) >= 11 is 0. The summed E-state index contributed by atoms with van der Waals surface area (Å²) < 4.78 is 5.78. The number of hydrogen-bond acceptors (Lipinski definition) is 4. The SMILES string of the molecule is CC(=O)c1c(OC[C@@H](O)[C@H](Cc2ccccc2)N=[N+]=[N-])ccc2ccccc12. The summed E-state index contributed by atoms with van der Waals surface area (Å²) in [5.74, 6) is 0.293. The van der Waals surface area contributed by atoms with Crippen LogP contribution >= 0.6 is 0 Å². The van der Waals surface area contributed by atoms with Crippen LogP contribution in [0.4, 0.5) is 0 Å². The van der Waals surface area contributed by atoms with Gasteiger partial charge in [-0.15, -0.1) is 0 Å². The number of ketones is 1. The number of carbonyl (C=O) groups is 1. The van der Waals surface area contributed by atoms with E-state index in [0.717, 1.165) is 16.3 Å². The lowest BCUT2D eigenvalue weighted by molar-refractivity contribution is 0.0837. The summed E-state index contributed by atoms with van der Waals surface area (Å²) in [5, 5.41) is 16.0. The number of carbonyl (C=O) groups excluding carboxylic acids is 1. The number of nitrogens with zero attached hydrogens (tertiary/aromatic N) is 3. The highest BCUT2D eigenvalue weighted by molar-refractivity contribution is 6.09. The molecule has 1 N–H and O–H groups in total. The van der Waals surface area contributed by atoms with Crippen molar-refractivity contribution in [3.05, 3.63) is 88.3 Å². The highest BCUT2D eigenvalue weighted by atomic mass is 16.5. The Labute approximate surface area is 163 Å². The molecule has 0 radical (unpaired) electrons. The molecule has 0 aliphatic carbocycles. The average Bonchev–Trinajstić information content (AvgIpc) is 2.71. The van der Waals surface area contributed by atoms with Crippen molar-refractivity contribution in [1.82, 2.24) is 0 Å². The van der Waals surface area contributed by atoms with Crippen LogP contribution < -0.4 is 4.74 Å². The number of fused-ring (bicyclic) bond motifs is 1. The van der Waals surface area contributed by atoms with Crippen LogP contribution in [0.1, 0.15) is 22.8 Å². The molecule has 0 saturated heterocycles. The lowest BCUT2D eigenvalue weighted by Gasteiger charge is -2.20. The topological polar surface area (TPSA) is 95.3 Å². The van der Waals surface area contributed by atoms with Gasteiger partial charge in [0.1, 0.15) is 12.4 Å². The minimum atomic E-state index is -1.01. The van der Waals surface area contributed by atoms with Crippen LogP contribution in [0.3, 0.4) is 0 Å². The molecule has 0 aromatic heterocycles. The minimum absolute atomic E-state index is 0.0882. The van der Waals surface area contributed by atoms with E-state index in [1.807, 2.05) is 60.7 Å². The van der Waals surface area contributed by atoms with Crippen LogP contribution in [-0.4, -0.2) is 29.6 Å². The molecule has 0 aliphatic rings. The first-order valence-corrected chi connectivity index (χ1v) is 9.02. The molecule has 0 aliphatic heterocycles. The second-order valence-electron chi connectivity index (χ2n) is 6.56. The van der Waals surface area contributed by atoms with Gasteiger partial charge in [-0.25, -0.2) is 0 Å². The number of azide groups is 1. The number of benzene rings is 3. The summed E-state index contributed by atoms with van der Waals surface area (Å²) in [6, 6.07) is 20.0. The monoisotopic (exact) mass is 375 g/mol. The molecule has 6 nitrogen and oxygen atoms in total. The van der Waals surface area contributed by atoms with Crippen LogP contribution in [0.15, 0.2) is 71.8 Å². The largest absolute Gasteiger partial charge is 0.490 e. The summed E-state index contributed by atoms with van der Waals surface area (Å²) in [5.41, 5.74) is 10.3. The van der Waals surface area contributed by atoms with Crippen molar-refractivity contribution in [2.75, 3.05) is 6.61 Å². The summed E-state index contributed by atoms with van der Waals surface area (Å²) in [6.07, 6.45) is -0.616. The van der Waals surface area contributed by atoms with Crippen molar-refractivity contribution >= 4 is 16.6 Å². The van der Waals surface area contributed by atoms with Crippen molar-refractivity contribution in [3.63, 3.8) is 0 Å². The van der Waals surface area contributed by atoms with Crippen LogP contribution in [0.5, 0.6) is 5.75 Å². The first-order valence-electron chi connectivity index (χ1n) is 9.02. The van der Waals surface area contributed by atoms with Crippen LogP contribution in [0.25, 0.3) is 21.2 Å². The molecule has 2 atom stereocenters. The highest BCUT2D eigenvalue weighted by Gasteiger charge is 2.21. The van der Waals surface area contributed by atoms with Gasteiger partial charge in [-0.05, 0) is 41.3 Å². The average molecular weight is 375 g/mol. The molecule has 0 bridgehead atoms. The van der Waals surface area contributed by atoms with E-state index in [9.17, 15) is 9.90 Å². The Morgan fingerprint density at radius 3 is 2.54 bits per heavy atom. The van der Waals surface area contributed by atoms with Gasteiger partial charge in [0.25, 0.3) is 0 Å². The number of hydrogen-bond donors (Lipinski definition) is 1. The van der Waals surface area contributed by atoms with E-state index in [1.54, 1.807) is 6.07 Å². The highest BCUT2D eigenvalue weighted by Crippen LogP contribution is 2.29. The molecule has 0 spiro atoms. The van der Waals surface area contributed by atoms with Crippen LogP contribution in [0.2, 0.25) is 0 Å². The molecule has 3 aromatic rings. The Bertz CT molecular complexity index is 1010. The number of aliphatic hydroxyl groups excluding tert-OH is 1. The number of ether oxygens (including phenoxy) is 1. The fourth-order valence-electron chi connectivity index (χ4n) is 3.20. The Kier molecular flexibility index (Phi) is 6.27. The van der Waals surface area contributed by atoms with Gasteiger partial charge >= 0.3 is 0 Å². The van der Waals surface area contributed by atoms with Gasteiger partial charge in [-0.1, -0.05) is 65.8 Å². The smallest absolute Gasteiger partial charge is 0.164 e. The Morgan fingerprint density at radius 1 is 1.11 bits per heavy atom. The van der Waals surface area contributed by atoms with E-state index in [2.05, 4.69) is 10.0 Å². The molecule has 0 amide bonds. The van der Waals surface area contributed by atoms with Gasteiger partial charge in [0.2, 0.25) is 0 Å². The molecule has 0 unspecified atom stereocenters. The van der Waals surface area contributed by atoms with Gasteiger partial charge in [0, 0.05) is 4.91 Å². The molecule has 142 valence electrons. The molecule has 3 aromatic carbocycles. The third-order valence-corrected chi connectivity index (χ3v) is 4.58. The van der Waals surface area contributed by atoms with Crippen molar-refractivity contribution in [2.24, 2.45) is 5.11 Å². The lowest BCUT2D eigenvalue weighted by atomic mass is 10.0. The minimum Gasteiger partial charge on any atom is -0.490 e. The summed E-state index contributed by atoms with van der Waals surface area (Å²) in [6.45, 7) is 1.40. The standard InChI is InChI=1S/C22H21N3O3/c1-15(26)22-18-10-6-5-9-17(18)11-12-21(22)28-14-20(27)19(24-25-23)13-16-7-3-2-4-8-16/h2-12,19-20,27H,13-14H2,1H3/t19-,20+/m0/s1. The van der Waals surface area contributed by atoms with Gasteiger partial charge in [-0.3, -0.25) is 4.79 Å². The third kappa shape index (κ3) is 4.49. The van der Waals surface area contributed by atoms with Gasteiger partial charge in [-0.2, -0.15) is 0 Å². The van der Waals surface area contributed by atoms with E-state index in [0.29, 0.717) is 17.7 Å². The van der Waals surface area contributed by atoms with E-state index in [-0.39, 0.29) is 12.4 Å². The predicted molar refractivity (Wildman–Crippen MR) is 109 cm³/mol. The molecule has 28 heavy (non-hydrogen) atoms. The van der Waals surface area contributed by atoms with E-state index in [1.165, 1.54) is 6.92 Å². The Balaban J connectivity index is 1.79. The van der Waals surface area contributed by atoms with Crippen molar-refractivity contribution in [3.8, 4) is 5.75 Å². The summed E-state index contributed by atoms with van der Waals surface area (Å²) in [4.78, 5) is 15.0. The molecule has 6 heteroatoms. The maximum absolute atomic E-state index is 12.2. The normalized spacial score (nSPS) is 12.8. The predicted octanol–water partition coefficient (Wildman–Crippen LogP) is 4.70. The second-order valence-corrected chi connectivity index (χ2v) is 6.56. The first kappa shape index (κ1) is 19.4. The molecule has 0 fully saturated rings. The zero-order valence-electron chi connectivity index (χ0n) is 15.5. The Morgan fingerprint density at radius 2 is 1.82 bits per heavy atom.